The van der Waals surface area contributed by atoms with Gasteiger partial charge in [-0.25, -0.2) is 0 Å². The van der Waals surface area contributed by atoms with Gasteiger partial charge < -0.3 is 14.2 Å². The molecule has 58 valence electrons. The van der Waals surface area contributed by atoms with E-state index < -0.39 is 0 Å². The Bertz CT molecular complexity index is 122. The van der Waals surface area contributed by atoms with Gasteiger partial charge in [0.2, 0.25) is 0 Å². The Kier molecular flexibility index (Phi) is 2.71. The number of methoxy groups -OCH3 is 2. The van der Waals surface area contributed by atoms with Gasteiger partial charge in [-0.2, -0.15) is 0 Å². The molecule has 10 heavy (non-hydrogen) atoms. The lowest BCUT2D eigenvalue weighted by Crippen LogP contribution is -2.34. The molecule has 3 nitrogen and oxygen atoms in total. The highest BCUT2D eigenvalue weighted by Crippen LogP contribution is 2.09. The Morgan fingerprint density at radius 1 is 1.40 bits per heavy atom. The molecule has 0 unspecified atom stereocenters. The molecular formula is C7H12O3. The average Bonchev–Trinajstić information content (AvgIpc) is 2.04. The van der Waals surface area contributed by atoms with Crippen LogP contribution in [-0.2, 0) is 14.2 Å². The smallest absolute Gasteiger partial charge is 0.121 e. The van der Waals surface area contributed by atoms with Crippen LogP contribution in [0.15, 0.2) is 12.3 Å². The minimum atomic E-state index is 0.0370. The summed E-state index contributed by atoms with van der Waals surface area (Å²) in [5.41, 5.74) is 0. The SMILES string of the molecule is CO[C@H]1C=COC[C@H]1OC. The minimum Gasteiger partial charge on any atom is -0.499 e. The predicted octanol–water partition coefficient (Wildman–Crippen LogP) is 0.560. The molecule has 0 radical (unpaired) electrons. The third kappa shape index (κ3) is 1.49. The van der Waals surface area contributed by atoms with Crippen LogP contribution >= 0.6 is 0 Å². The summed E-state index contributed by atoms with van der Waals surface area (Å²) in [5.74, 6) is 0. The third-order valence-corrected chi connectivity index (χ3v) is 1.57. The Labute approximate surface area is 60.6 Å². The lowest BCUT2D eigenvalue weighted by Gasteiger charge is -2.24. The van der Waals surface area contributed by atoms with Crippen LogP contribution in [0.3, 0.4) is 0 Å². The summed E-state index contributed by atoms with van der Waals surface area (Å²) >= 11 is 0. The van der Waals surface area contributed by atoms with Crippen LogP contribution in [0.25, 0.3) is 0 Å². The standard InChI is InChI=1S/C7H12O3/c1-8-6-3-4-10-5-7(6)9-2/h3-4,6-7H,5H2,1-2H3/t6-,7+/m0/s1. The lowest BCUT2D eigenvalue weighted by molar-refractivity contribution is -0.0540. The Morgan fingerprint density at radius 2 is 2.20 bits per heavy atom. The van der Waals surface area contributed by atoms with E-state index >= 15 is 0 Å². The molecule has 1 rings (SSSR count). The molecule has 0 saturated heterocycles. The average molecular weight is 144 g/mol. The summed E-state index contributed by atoms with van der Waals surface area (Å²) in [6.07, 6.45) is 3.56. The van der Waals surface area contributed by atoms with Gasteiger partial charge in [0.15, 0.2) is 0 Å². The van der Waals surface area contributed by atoms with Crippen molar-refractivity contribution in [2.45, 2.75) is 12.2 Å². The molecule has 0 fully saturated rings. The van der Waals surface area contributed by atoms with Crippen molar-refractivity contribution in [3.63, 3.8) is 0 Å². The first kappa shape index (κ1) is 7.57. The molecular weight excluding hydrogens is 132 g/mol. The number of hydrogen-bond acceptors (Lipinski definition) is 3. The summed E-state index contributed by atoms with van der Waals surface area (Å²) in [4.78, 5) is 0. The Morgan fingerprint density at radius 3 is 2.70 bits per heavy atom. The maximum Gasteiger partial charge on any atom is 0.121 e. The zero-order valence-corrected chi connectivity index (χ0v) is 6.24. The van der Waals surface area contributed by atoms with Crippen molar-refractivity contribution in [1.29, 1.82) is 0 Å². The van der Waals surface area contributed by atoms with Gasteiger partial charge in [0.05, 0.1) is 6.26 Å². The van der Waals surface area contributed by atoms with Crippen LogP contribution in [0.1, 0.15) is 0 Å². The van der Waals surface area contributed by atoms with Crippen LogP contribution in [0, 0.1) is 0 Å². The van der Waals surface area contributed by atoms with Crippen molar-refractivity contribution in [2.24, 2.45) is 0 Å². The number of hydrogen-bond donors (Lipinski definition) is 0. The van der Waals surface area contributed by atoms with Gasteiger partial charge >= 0.3 is 0 Å². The largest absolute Gasteiger partial charge is 0.499 e. The van der Waals surface area contributed by atoms with Gasteiger partial charge in [-0.05, 0) is 6.08 Å². The fourth-order valence-corrected chi connectivity index (χ4v) is 0.935. The van der Waals surface area contributed by atoms with E-state index in [2.05, 4.69) is 0 Å². The van der Waals surface area contributed by atoms with Gasteiger partial charge in [0.1, 0.15) is 18.8 Å². The highest BCUT2D eigenvalue weighted by atomic mass is 16.6. The second-order valence-corrected chi connectivity index (χ2v) is 2.14. The number of ether oxygens (including phenoxy) is 3. The molecule has 3 heteroatoms. The molecule has 0 aromatic heterocycles. The van der Waals surface area contributed by atoms with E-state index in [4.69, 9.17) is 14.2 Å². The minimum absolute atomic E-state index is 0.0370. The molecule has 1 aliphatic heterocycles. The van der Waals surface area contributed by atoms with E-state index in [0.717, 1.165) is 0 Å². The van der Waals surface area contributed by atoms with E-state index in [-0.39, 0.29) is 12.2 Å². The monoisotopic (exact) mass is 144 g/mol. The van der Waals surface area contributed by atoms with Gasteiger partial charge in [-0.3, -0.25) is 0 Å². The third-order valence-electron chi connectivity index (χ3n) is 1.57. The van der Waals surface area contributed by atoms with Gasteiger partial charge in [-0.1, -0.05) is 0 Å². The maximum absolute atomic E-state index is 5.10. The van der Waals surface area contributed by atoms with Crippen LogP contribution in [-0.4, -0.2) is 33.0 Å². The van der Waals surface area contributed by atoms with Crippen molar-refractivity contribution in [2.75, 3.05) is 20.8 Å². The maximum atomic E-state index is 5.10. The van der Waals surface area contributed by atoms with Gasteiger partial charge in [-0.15, -0.1) is 0 Å². The molecule has 0 aliphatic carbocycles. The van der Waals surface area contributed by atoms with Gasteiger partial charge in [0, 0.05) is 14.2 Å². The molecule has 1 heterocycles. The van der Waals surface area contributed by atoms with E-state index in [0.29, 0.717) is 6.61 Å². The second-order valence-electron chi connectivity index (χ2n) is 2.14. The highest BCUT2D eigenvalue weighted by molar-refractivity contribution is 4.93. The topological polar surface area (TPSA) is 27.7 Å². The van der Waals surface area contributed by atoms with Crippen molar-refractivity contribution < 1.29 is 14.2 Å². The van der Waals surface area contributed by atoms with Crippen LogP contribution < -0.4 is 0 Å². The molecule has 0 amide bonds. The molecule has 0 saturated carbocycles. The first-order valence-corrected chi connectivity index (χ1v) is 3.22. The molecule has 0 spiro atoms. The summed E-state index contributed by atoms with van der Waals surface area (Å²) in [6.45, 7) is 0.575. The molecule has 2 atom stereocenters. The summed E-state index contributed by atoms with van der Waals surface area (Å²) in [5, 5.41) is 0. The Balaban J connectivity index is 2.47. The second kappa shape index (κ2) is 3.58. The first-order valence-electron chi connectivity index (χ1n) is 3.22. The first-order chi connectivity index (χ1) is 4.88. The number of rotatable bonds is 2. The summed E-state index contributed by atoms with van der Waals surface area (Å²) < 4.78 is 15.2. The van der Waals surface area contributed by atoms with E-state index in [9.17, 15) is 0 Å². The van der Waals surface area contributed by atoms with Crippen molar-refractivity contribution in [3.8, 4) is 0 Å². The Hall–Kier alpha value is -0.540. The molecule has 0 aromatic rings. The lowest BCUT2D eigenvalue weighted by atomic mass is 10.2. The van der Waals surface area contributed by atoms with Crippen molar-refractivity contribution in [1.82, 2.24) is 0 Å². The quantitative estimate of drug-likeness (QED) is 0.566. The van der Waals surface area contributed by atoms with Crippen LogP contribution in [0.2, 0.25) is 0 Å². The van der Waals surface area contributed by atoms with Crippen LogP contribution in [0.5, 0.6) is 0 Å². The van der Waals surface area contributed by atoms with E-state index in [1.165, 1.54) is 0 Å². The highest BCUT2D eigenvalue weighted by Gasteiger charge is 2.21. The molecule has 0 aromatic carbocycles. The molecule has 0 bridgehead atoms. The van der Waals surface area contributed by atoms with Crippen LogP contribution in [0.4, 0.5) is 0 Å². The van der Waals surface area contributed by atoms with Crippen molar-refractivity contribution >= 4 is 0 Å². The van der Waals surface area contributed by atoms with E-state index in [1.807, 2.05) is 6.08 Å². The van der Waals surface area contributed by atoms with Gasteiger partial charge in [0.25, 0.3) is 0 Å². The normalized spacial score (nSPS) is 31.8. The predicted molar refractivity (Wildman–Crippen MR) is 36.7 cm³/mol. The summed E-state index contributed by atoms with van der Waals surface area (Å²) in [7, 11) is 3.31. The van der Waals surface area contributed by atoms with E-state index in [1.54, 1.807) is 20.5 Å². The molecule has 0 N–H and O–H groups in total. The fraction of sp³-hybridized carbons (Fsp3) is 0.714. The molecule has 1 aliphatic rings. The fourth-order valence-electron chi connectivity index (χ4n) is 0.935. The zero-order valence-electron chi connectivity index (χ0n) is 6.24. The zero-order chi connectivity index (χ0) is 7.40. The summed E-state index contributed by atoms with van der Waals surface area (Å²) in [6, 6.07) is 0. The van der Waals surface area contributed by atoms with Crippen molar-refractivity contribution in [3.05, 3.63) is 12.3 Å².